The van der Waals surface area contributed by atoms with E-state index in [2.05, 4.69) is 21.3 Å². The summed E-state index contributed by atoms with van der Waals surface area (Å²) in [4.78, 5) is 69.3. The van der Waals surface area contributed by atoms with E-state index in [1.54, 1.807) is 88.0 Å². The molecule has 2 unspecified atom stereocenters. The molecular formula is C48H85N7O16. The Bertz CT molecular complexity index is 1860. The third kappa shape index (κ3) is 17.5. The molecule has 23 heteroatoms. The van der Waals surface area contributed by atoms with E-state index in [9.17, 15) is 44.4 Å². The summed E-state index contributed by atoms with van der Waals surface area (Å²) in [5.41, 5.74) is 0.908. The van der Waals surface area contributed by atoms with Crippen LogP contribution in [0.3, 0.4) is 0 Å². The molecule has 5 amide bonds. The number of likely N-dealkylation sites (tertiary alicyclic amines) is 1. The van der Waals surface area contributed by atoms with Crippen molar-refractivity contribution in [2.24, 2.45) is 11.7 Å². The van der Waals surface area contributed by atoms with Gasteiger partial charge in [0.05, 0.1) is 31.3 Å². The van der Waals surface area contributed by atoms with Gasteiger partial charge in [0.1, 0.15) is 58.2 Å². The molecule has 3 fully saturated rings. The van der Waals surface area contributed by atoms with Crippen LogP contribution in [0.2, 0.25) is 0 Å². The van der Waals surface area contributed by atoms with E-state index < -0.39 is 132 Å². The Labute approximate surface area is 418 Å². The standard InChI is InChI=1S/C48H85N7O16/c1-44(2,3)68-40(60)50-20-19-31(56)38(59)52-30-22-29(53-41(61)69-45(4,5)6)32(33(57)36(30)67-39-34(58)37(48(13,64)25-65-39)54(14)42(62)70-46(7,8)9)35-28(18-17-27(23-49)66-35)51-24-26-16-15-21-55(26)43(63)71-47(10,11)12/h17,26,28-37,39,51,56-58,64H,15-16,18-25,49H2,1-14H3,(H,50,60)(H,52,59)(H,53,61)/t26?,28-,29+,30-,31+,32?,33+,34-,35+,36+,37-,39-,48+/m1/s1. The SMILES string of the molecule is CN(C(=O)OC(C)(C)C)[C@@H]1[C@@H](O)[C@@H](O[C@H]2[C@H](NC(=O)[C@@H](O)CCNC(=O)OC(C)(C)C)C[C@H](NC(=O)OC(C)(C)C)C([C@H]3OC(CN)=CC[C@H]3NCC3CCCN3C(=O)OC(C)(C)C)[C@@H]2O)OC[C@]1(C)O. The van der Waals surface area contributed by atoms with Gasteiger partial charge in [-0.3, -0.25) is 4.79 Å². The summed E-state index contributed by atoms with van der Waals surface area (Å²) < 4.78 is 41.3. The van der Waals surface area contributed by atoms with Gasteiger partial charge in [-0.25, -0.2) is 19.2 Å². The third-order valence-electron chi connectivity index (χ3n) is 12.2. The average molecular weight is 1020 g/mol. The molecule has 13 atom stereocenters. The maximum absolute atomic E-state index is 13.9. The maximum Gasteiger partial charge on any atom is 0.410 e. The molecule has 10 N–H and O–H groups in total. The topological polar surface area (TPSA) is 312 Å². The number of nitrogens with zero attached hydrogens (tertiary/aromatic N) is 2. The van der Waals surface area contributed by atoms with Gasteiger partial charge >= 0.3 is 24.4 Å². The van der Waals surface area contributed by atoms with Crippen molar-refractivity contribution < 1.29 is 77.6 Å². The number of hydrogen-bond donors (Lipinski definition) is 9. The highest BCUT2D eigenvalue weighted by atomic mass is 16.7. The third-order valence-corrected chi connectivity index (χ3v) is 12.2. The Morgan fingerprint density at radius 3 is 2.07 bits per heavy atom. The van der Waals surface area contributed by atoms with Crippen LogP contribution in [0.1, 0.15) is 122 Å². The molecule has 3 heterocycles. The average Bonchev–Trinajstić information content (AvgIpc) is 3.68. The number of carbonyl (C=O) groups is 5. The largest absolute Gasteiger partial charge is 0.492 e. The van der Waals surface area contributed by atoms with Gasteiger partial charge in [0.2, 0.25) is 5.91 Å². The first kappa shape index (κ1) is 59.3. The predicted molar refractivity (Wildman–Crippen MR) is 257 cm³/mol. The molecule has 0 aromatic heterocycles. The number of nitrogens with two attached hydrogens (primary N) is 1. The highest BCUT2D eigenvalue weighted by molar-refractivity contribution is 5.81. The number of aliphatic hydroxyl groups excluding tert-OH is 3. The van der Waals surface area contributed by atoms with E-state index in [1.807, 2.05) is 6.08 Å². The van der Waals surface area contributed by atoms with Gasteiger partial charge in [0.15, 0.2) is 6.29 Å². The van der Waals surface area contributed by atoms with E-state index in [0.717, 1.165) is 11.3 Å². The molecule has 0 aromatic rings. The Morgan fingerprint density at radius 2 is 1.48 bits per heavy atom. The van der Waals surface area contributed by atoms with E-state index in [-0.39, 0.29) is 32.0 Å². The van der Waals surface area contributed by atoms with Crippen LogP contribution in [0, 0.1) is 5.92 Å². The lowest BCUT2D eigenvalue weighted by Crippen LogP contribution is -2.71. The van der Waals surface area contributed by atoms with Gasteiger partial charge < -0.3 is 90.4 Å². The molecule has 0 aromatic carbocycles. The first-order valence-corrected chi connectivity index (χ1v) is 24.6. The molecule has 0 spiro atoms. The zero-order chi connectivity index (χ0) is 53.6. The first-order valence-electron chi connectivity index (χ1n) is 24.6. The van der Waals surface area contributed by atoms with Gasteiger partial charge in [-0.05, 0) is 128 Å². The maximum atomic E-state index is 13.9. The Hall–Kier alpha value is -4.23. The van der Waals surface area contributed by atoms with Gasteiger partial charge in [-0.2, -0.15) is 0 Å². The number of carbonyl (C=O) groups excluding carboxylic acids is 5. The smallest absolute Gasteiger partial charge is 0.410 e. The molecule has 23 nitrogen and oxygen atoms in total. The van der Waals surface area contributed by atoms with E-state index in [1.165, 1.54) is 14.0 Å². The second kappa shape index (κ2) is 23.8. The van der Waals surface area contributed by atoms with Gasteiger partial charge in [-0.1, -0.05) is 0 Å². The van der Waals surface area contributed by atoms with Crippen molar-refractivity contribution in [3.05, 3.63) is 11.8 Å². The summed E-state index contributed by atoms with van der Waals surface area (Å²) in [6.45, 7) is 22.0. The molecule has 1 aliphatic carbocycles. The normalized spacial score (nSPS) is 31.0. The van der Waals surface area contributed by atoms with Crippen LogP contribution in [-0.2, 0) is 38.0 Å². The van der Waals surface area contributed by atoms with Gasteiger partial charge in [0, 0.05) is 50.7 Å². The van der Waals surface area contributed by atoms with Crippen LogP contribution in [0.5, 0.6) is 0 Å². The lowest BCUT2D eigenvalue weighted by Gasteiger charge is -2.52. The molecule has 4 aliphatic rings. The molecule has 71 heavy (non-hydrogen) atoms. The van der Waals surface area contributed by atoms with Crippen molar-refractivity contribution in [2.45, 2.75) is 217 Å². The number of amides is 5. The summed E-state index contributed by atoms with van der Waals surface area (Å²) in [7, 11) is 1.34. The molecule has 4 rings (SSSR count). The van der Waals surface area contributed by atoms with Crippen LogP contribution in [0.25, 0.3) is 0 Å². The Balaban J connectivity index is 1.75. The second-order valence-electron chi connectivity index (χ2n) is 23.2. The molecule has 2 saturated heterocycles. The quantitative estimate of drug-likeness (QED) is 0.113. The fraction of sp³-hybridized carbons (Fsp3) is 0.854. The summed E-state index contributed by atoms with van der Waals surface area (Å²) >= 11 is 0. The molecular weight excluding hydrogens is 931 g/mol. The number of aliphatic hydroxyl groups is 4. The van der Waals surface area contributed by atoms with Crippen molar-refractivity contribution in [3.8, 4) is 0 Å². The van der Waals surface area contributed by atoms with Crippen molar-refractivity contribution in [1.29, 1.82) is 0 Å². The minimum Gasteiger partial charge on any atom is -0.492 e. The molecule has 408 valence electrons. The number of nitrogens with one attached hydrogen (secondary N) is 4. The van der Waals surface area contributed by atoms with Crippen LogP contribution >= 0.6 is 0 Å². The lowest BCUT2D eigenvalue weighted by molar-refractivity contribution is -0.305. The van der Waals surface area contributed by atoms with Crippen LogP contribution in [0.4, 0.5) is 19.2 Å². The number of likely N-dealkylation sites (N-methyl/N-ethyl adjacent to an activating group) is 1. The zero-order valence-corrected chi connectivity index (χ0v) is 44.2. The van der Waals surface area contributed by atoms with Crippen LogP contribution < -0.4 is 27.0 Å². The highest BCUT2D eigenvalue weighted by Gasteiger charge is 2.56. The lowest BCUT2D eigenvalue weighted by atomic mass is 9.72. The van der Waals surface area contributed by atoms with Crippen molar-refractivity contribution in [3.63, 3.8) is 0 Å². The first-order chi connectivity index (χ1) is 32.6. The molecule has 0 bridgehead atoms. The minimum atomic E-state index is -1.84. The number of alkyl carbamates (subject to hydrolysis) is 2. The summed E-state index contributed by atoms with van der Waals surface area (Å²) in [6, 6.07) is -4.55. The fourth-order valence-corrected chi connectivity index (χ4v) is 9.24. The van der Waals surface area contributed by atoms with E-state index in [4.69, 9.17) is 38.9 Å². The van der Waals surface area contributed by atoms with Gasteiger partial charge in [0.25, 0.3) is 0 Å². The Kier molecular flexibility index (Phi) is 19.9. The Morgan fingerprint density at radius 1 is 0.873 bits per heavy atom. The summed E-state index contributed by atoms with van der Waals surface area (Å²) in [6.07, 6.45) is -9.13. The number of ether oxygens (including phenoxy) is 7. The predicted octanol–water partition coefficient (Wildman–Crippen LogP) is 2.10. The molecule has 3 aliphatic heterocycles. The summed E-state index contributed by atoms with van der Waals surface area (Å²) in [5, 5.41) is 59.2. The van der Waals surface area contributed by atoms with Crippen molar-refractivity contribution >= 4 is 30.3 Å². The second-order valence-corrected chi connectivity index (χ2v) is 23.2. The molecule has 0 radical (unpaired) electrons. The monoisotopic (exact) mass is 1020 g/mol. The van der Waals surface area contributed by atoms with E-state index >= 15 is 0 Å². The van der Waals surface area contributed by atoms with Crippen LogP contribution in [-0.4, -0.2) is 195 Å². The minimum absolute atomic E-state index is 0.0148. The van der Waals surface area contributed by atoms with Crippen molar-refractivity contribution in [1.82, 2.24) is 31.1 Å². The molecule has 1 saturated carbocycles. The fourth-order valence-electron chi connectivity index (χ4n) is 9.24. The van der Waals surface area contributed by atoms with Gasteiger partial charge in [-0.15, -0.1) is 0 Å². The zero-order valence-electron chi connectivity index (χ0n) is 44.2. The highest BCUT2D eigenvalue weighted by Crippen LogP contribution is 2.39. The van der Waals surface area contributed by atoms with Crippen LogP contribution in [0.15, 0.2) is 11.8 Å². The van der Waals surface area contributed by atoms with Crippen molar-refractivity contribution in [2.75, 3.05) is 39.8 Å². The number of rotatable bonds is 14. The number of hydrogen-bond acceptors (Lipinski definition) is 18. The van der Waals surface area contributed by atoms with E-state index in [0.29, 0.717) is 31.7 Å². The summed E-state index contributed by atoms with van der Waals surface area (Å²) in [5.74, 6) is -1.64.